The van der Waals surface area contributed by atoms with Gasteiger partial charge in [-0.3, -0.25) is 4.68 Å². The van der Waals surface area contributed by atoms with Gasteiger partial charge in [0.25, 0.3) is 0 Å². The van der Waals surface area contributed by atoms with Crippen molar-refractivity contribution in [2.45, 2.75) is 44.2 Å². The number of fused-ring (bicyclic) bond motifs is 1. The predicted octanol–water partition coefficient (Wildman–Crippen LogP) is 1.47. The van der Waals surface area contributed by atoms with E-state index in [4.69, 9.17) is 0 Å². The zero-order valence-corrected chi connectivity index (χ0v) is 12.5. The van der Waals surface area contributed by atoms with Gasteiger partial charge in [-0.05, 0) is 38.6 Å². The summed E-state index contributed by atoms with van der Waals surface area (Å²) in [6.45, 7) is 2.24. The third-order valence-electron chi connectivity index (χ3n) is 4.89. The molecular weight excluding hydrogens is 264 g/mol. The standard InChI is InChI=1S/C15H22N6/c1-20-14-11(9-19-20)15(18-10-17-14)21-8-3-2-6-13(21)12-5-4-7-16-12/h9-10,12-13,16H,2-8H2,1H3. The lowest BCUT2D eigenvalue weighted by Gasteiger charge is -2.40. The third-order valence-corrected chi connectivity index (χ3v) is 4.89. The van der Waals surface area contributed by atoms with Crippen molar-refractivity contribution in [3.63, 3.8) is 0 Å². The summed E-state index contributed by atoms with van der Waals surface area (Å²) in [5, 5.41) is 9.09. The SMILES string of the molecule is Cn1ncc2c(N3CCCCC3C3CCCN3)ncnc21. The lowest BCUT2D eigenvalue weighted by Crippen LogP contribution is -2.50. The molecule has 4 rings (SSSR count). The summed E-state index contributed by atoms with van der Waals surface area (Å²) < 4.78 is 1.83. The molecule has 0 saturated carbocycles. The maximum absolute atomic E-state index is 4.60. The summed E-state index contributed by atoms with van der Waals surface area (Å²) in [6, 6.07) is 1.16. The number of nitrogens with one attached hydrogen (secondary N) is 1. The number of piperidine rings is 1. The van der Waals surface area contributed by atoms with E-state index in [0.717, 1.165) is 29.9 Å². The molecule has 112 valence electrons. The van der Waals surface area contributed by atoms with Gasteiger partial charge < -0.3 is 10.2 Å². The average Bonchev–Trinajstić information content (AvgIpc) is 3.18. The molecule has 6 heteroatoms. The predicted molar refractivity (Wildman–Crippen MR) is 82.3 cm³/mol. The van der Waals surface area contributed by atoms with Crippen LogP contribution in [-0.2, 0) is 7.05 Å². The first-order chi connectivity index (χ1) is 10.3. The fourth-order valence-electron chi connectivity index (χ4n) is 3.86. The van der Waals surface area contributed by atoms with Crippen LogP contribution in [0.2, 0.25) is 0 Å². The van der Waals surface area contributed by atoms with Crippen molar-refractivity contribution < 1.29 is 0 Å². The average molecular weight is 286 g/mol. The van der Waals surface area contributed by atoms with Crippen molar-refractivity contribution in [2.75, 3.05) is 18.0 Å². The van der Waals surface area contributed by atoms with Crippen molar-refractivity contribution in [3.8, 4) is 0 Å². The Bertz CT molecular complexity index is 630. The number of aryl methyl sites for hydroxylation is 1. The molecule has 2 fully saturated rings. The molecule has 21 heavy (non-hydrogen) atoms. The van der Waals surface area contributed by atoms with Crippen LogP contribution in [0.4, 0.5) is 5.82 Å². The highest BCUT2D eigenvalue weighted by Gasteiger charge is 2.33. The van der Waals surface area contributed by atoms with E-state index in [1.165, 1.54) is 32.1 Å². The second-order valence-corrected chi connectivity index (χ2v) is 6.16. The van der Waals surface area contributed by atoms with E-state index in [2.05, 4.69) is 25.3 Å². The molecule has 2 aromatic heterocycles. The second-order valence-electron chi connectivity index (χ2n) is 6.16. The molecule has 0 radical (unpaired) electrons. The Labute approximate surface area is 124 Å². The van der Waals surface area contributed by atoms with Crippen molar-refractivity contribution >= 4 is 16.9 Å². The topological polar surface area (TPSA) is 58.9 Å². The number of rotatable bonds is 2. The van der Waals surface area contributed by atoms with Gasteiger partial charge in [0.05, 0.1) is 11.6 Å². The van der Waals surface area contributed by atoms with Crippen molar-refractivity contribution in [2.24, 2.45) is 7.05 Å². The highest BCUT2D eigenvalue weighted by Crippen LogP contribution is 2.31. The quantitative estimate of drug-likeness (QED) is 0.906. The highest BCUT2D eigenvalue weighted by molar-refractivity contribution is 5.86. The van der Waals surface area contributed by atoms with Gasteiger partial charge in [0.1, 0.15) is 12.1 Å². The smallest absolute Gasteiger partial charge is 0.163 e. The fourth-order valence-corrected chi connectivity index (χ4v) is 3.86. The van der Waals surface area contributed by atoms with Gasteiger partial charge in [-0.1, -0.05) is 0 Å². The molecule has 2 aliphatic rings. The zero-order valence-electron chi connectivity index (χ0n) is 12.5. The van der Waals surface area contributed by atoms with E-state index in [0.29, 0.717) is 12.1 Å². The van der Waals surface area contributed by atoms with E-state index < -0.39 is 0 Å². The van der Waals surface area contributed by atoms with Crippen LogP contribution in [0.3, 0.4) is 0 Å². The molecule has 6 nitrogen and oxygen atoms in total. The van der Waals surface area contributed by atoms with Crippen LogP contribution in [0.1, 0.15) is 32.1 Å². The summed E-state index contributed by atoms with van der Waals surface area (Å²) in [7, 11) is 1.94. The second kappa shape index (κ2) is 5.26. The van der Waals surface area contributed by atoms with Gasteiger partial charge in [-0.2, -0.15) is 5.10 Å². The Morgan fingerprint density at radius 3 is 3.00 bits per heavy atom. The third kappa shape index (κ3) is 2.18. The van der Waals surface area contributed by atoms with Gasteiger partial charge in [0.2, 0.25) is 0 Å². The molecule has 0 bridgehead atoms. The highest BCUT2D eigenvalue weighted by atomic mass is 15.3. The first-order valence-corrected chi connectivity index (χ1v) is 7.97. The van der Waals surface area contributed by atoms with Crippen LogP contribution < -0.4 is 10.2 Å². The minimum absolute atomic E-state index is 0.555. The molecule has 2 unspecified atom stereocenters. The van der Waals surface area contributed by atoms with E-state index in [-0.39, 0.29) is 0 Å². The van der Waals surface area contributed by atoms with Crippen LogP contribution in [0.15, 0.2) is 12.5 Å². The van der Waals surface area contributed by atoms with Crippen LogP contribution in [0, 0.1) is 0 Å². The largest absolute Gasteiger partial charge is 0.351 e. The van der Waals surface area contributed by atoms with Gasteiger partial charge in [0.15, 0.2) is 5.65 Å². The Morgan fingerprint density at radius 2 is 2.14 bits per heavy atom. The van der Waals surface area contributed by atoms with Gasteiger partial charge in [0, 0.05) is 25.7 Å². The molecule has 2 saturated heterocycles. The lowest BCUT2D eigenvalue weighted by atomic mass is 9.94. The molecule has 4 heterocycles. The Morgan fingerprint density at radius 1 is 1.19 bits per heavy atom. The van der Waals surface area contributed by atoms with Gasteiger partial charge >= 0.3 is 0 Å². The number of aromatic nitrogens is 4. The molecule has 0 spiro atoms. The van der Waals surface area contributed by atoms with E-state index in [1.807, 2.05) is 17.9 Å². The Hall–Kier alpha value is -1.69. The fraction of sp³-hybridized carbons (Fsp3) is 0.667. The van der Waals surface area contributed by atoms with Crippen molar-refractivity contribution in [1.82, 2.24) is 25.1 Å². The van der Waals surface area contributed by atoms with Crippen molar-refractivity contribution in [3.05, 3.63) is 12.5 Å². The van der Waals surface area contributed by atoms with Crippen LogP contribution in [-0.4, -0.2) is 44.9 Å². The number of hydrogen-bond donors (Lipinski definition) is 1. The molecule has 2 atom stereocenters. The van der Waals surface area contributed by atoms with E-state index in [9.17, 15) is 0 Å². The first-order valence-electron chi connectivity index (χ1n) is 7.97. The number of nitrogens with zero attached hydrogens (tertiary/aromatic N) is 5. The molecule has 0 aromatic carbocycles. The lowest BCUT2D eigenvalue weighted by molar-refractivity contribution is 0.377. The minimum Gasteiger partial charge on any atom is -0.351 e. The minimum atomic E-state index is 0.555. The maximum atomic E-state index is 4.60. The summed E-state index contributed by atoms with van der Waals surface area (Å²) >= 11 is 0. The molecule has 2 aliphatic heterocycles. The number of anilines is 1. The van der Waals surface area contributed by atoms with E-state index >= 15 is 0 Å². The molecular formula is C15H22N6. The molecule has 2 aromatic rings. The monoisotopic (exact) mass is 286 g/mol. The normalized spacial score (nSPS) is 26.6. The maximum Gasteiger partial charge on any atom is 0.163 e. The van der Waals surface area contributed by atoms with E-state index in [1.54, 1.807) is 6.33 Å². The Balaban J connectivity index is 1.74. The summed E-state index contributed by atoms with van der Waals surface area (Å²) in [5.41, 5.74) is 0.920. The van der Waals surface area contributed by atoms with Crippen LogP contribution in [0.5, 0.6) is 0 Å². The van der Waals surface area contributed by atoms with Gasteiger partial charge in [-0.25, -0.2) is 9.97 Å². The molecule has 1 N–H and O–H groups in total. The van der Waals surface area contributed by atoms with Crippen molar-refractivity contribution in [1.29, 1.82) is 0 Å². The van der Waals surface area contributed by atoms with Crippen LogP contribution in [0.25, 0.3) is 11.0 Å². The Kier molecular flexibility index (Phi) is 3.25. The van der Waals surface area contributed by atoms with Crippen LogP contribution >= 0.6 is 0 Å². The summed E-state index contributed by atoms with van der Waals surface area (Å²) in [6.07, 6.45) is 9.97. The summed E-state index contributed by atoms with van der Waals surface area (Å²) in [4.78, 5) is 11.5. The zero-order chi connectivity index (χ0) is 14.2. The first kappa shape index (κ1) is 13.0. The molecule has 0 amide bonds. The summed E-state index contributed by atoms with van der Waals surface area (Å²) in [5.74, 6) is 1.06. The van der Waals surface area contributed by atoms with Gasteiger partial charge in [-0.15, -0.1) is 0 Å². The molecule has 0 aliphatic carbocycles. The number of hydrogen-bond acceptors (Lipinski definition) is 5.